The van der Waals surface area contributed by atoms with E-state index in [1.165, 1.54) is 37.5 Å². The van der Waals surface area contributed by atoms with Crippen molar-refractivity contribution in [1.29, 1.82) is 0 Å². The fourth-order valence-electron chi connectivity index (χ4n) is 3.07. The molecule has 0 radical (unpaired) electrons. The highest BCUT2D eigenvalue weighted by atomic mass is 16.5. The maximum atomic E-state index is 13.0. The zero-order valence-corrected chi connectivity index (χ0v) is 17.8. The van der Waals surface area contributed by atoms with E-state index in [0.717, 1.165) is 4.90 Å². The summed E-state index contributed by atoms with van der Waals surface area (Å²) in [4.78, 5) is 50.4. The molecule has 1 fully saturated rings. The number of anilines is 1. The number of rotatable bonds is 7. The second-order valence-corrected chi connectivity index (χ2v) is 6.57. The SMILES string of the molecule is CCOC(=O)c1ccc(N2C(=O)NC(=O)/C(=C\c3ccc(OCC)c(OC)c3)C2=O)cc1. The molecule has 0 unspecified atom stereocenters. The van der Waals surface area contributed by atoms with Gasteiger partial charge in [-0.15, -0.1) is 0 Å². The molecule has 4 amide bonds. The van der Waals surface area contributed by atoms with Crippen LogP contribution in [-0.2, 0) is 14.3 Å². The number of methoxy groups -OCH3 is 1. The lowest BCUT2D eigenvalue weighted by Crippen LogP contribution is -2.54. The summed E-state index contributed by atoms with van der Waals surface area (Å²) < 4.78 is 15.7. The first kappa shape index (κ1) is 22.5. The number of barbiturate groups is 1. The molecule has 0 bridgehead atoms. The Labute approximate surface area is 184 Å². The Bertz CT molecular complexity index is 1090. The maximum Gasteiger partial charge on any atom is 0.338 e. The van der Waals surface area contributed by atoms with Gasteiger partial charge < -0.3 is 14.2 Å². The third kappa shape index (κ3) is 4.61. The van der Waals surface area contributed by atoms with Crippen molar-refractivity contribution in [2.45, 2.75) is 13.8 Å². The largest absolute Gasteiger partial charge is 0.493 e. The van der Waals surface area contributed by atoms with E-state index in [1.807, 2.05) is 6.92 Å². The molecule has 1 aliphatic rings. The van der Waals surface area contributed by atoms with Crippen molar-refractivity contribution >= 4 is 35.6 Å². The number of ether oxygens (including phenoxy) is 3. The molecule has 9 heteroatoms. The van der Waals surface area contributed by atoms with Crippen LogP contribution in [0.25, 0.3) is 6.08 Å². The Hall–Kier alpha value is -4.14. The Morgan fingerprint density at radius 1 is 1.00 bits per heavy atom. The zero-order valence-electron chi connectivity index (χ0n) is 17.8. The first-order valence-corrected chi connectivity index (χ1v) is 9.89. The van der Waals surface area contributed by atoms with Crippen LogP contribution in [0.4, 0.5) is 10.5 Å². The van der Waals surface area contributed by atoms with Crippen molar-refractivity contribution in [3.63, 3.8) is 0 Å². The molecule has 32 heavy (non-hydrogen) atoms. The number of benzene rings is 2. The third-order valence-corrected chi connectivity index (χ3v) is 4.54. The van der Waals surface area contributed by atoms with Crippen molar-refractivity contribution < 1.29 is 33.4 Å². The highest BCUT2D eigenvalue weighted by Gasteiger charge is 2.36. The third-order valence-electron chi connectivity index (χ3n) is 4.54. The number of carbonyl (C=O) groups is 4. The van der Waals surface area contributed by atoms with Gasteiger partial charge in [-0.2, -0.15) is 0 Å². The average Bonchev–Trinajstić information content (AvgIpc) is 2.78. The van der Waals surface area contributed by atoms with Gasteiger partial charge in [-0.05, 0) is 61.9 Å². The normalized spacial score (nSPS) is 14.9. The number of hydrogen-bond donors (Lipinski definition) is 1. The Kier molecular flexibility index (Phi) is 6.89. The minimum absolute atomic E-state index is 0.197. The van der Waals surface area contributed by atoms with E-state index in [1.54, 1.807) is 25.1 Å². The number of esters is 1. The lowest BCUT2D eigenvalue weighted by molar-refractivity contribution is -0.122. The molecule has 1 aliphatic heterocycles. The van der Waals surface area contributed by atoms with Crippen LogP contribution in [0.1, 0.15) is 29.8 Å². The summed E-state index contributed by atoms with van der Waals surface area (Å²) in [6, 6.07) is 9.79. The number of urea groups is 1. The van der Waals surface area contributed by atoms with E-state index in [-0.39, 0.29) is 23.4 Å². The van der Waals surface area contributed by atoms with Gasteiger partial charge in [0, 0.05) is 0 Å². The molecule has 0 aromatic heterocycles. The van der Waals surface area contributed by atoms with Crippen LogP contribution in [0.15, 0.2) is 48.0 Å². The van der Waals surface area contributed by atoms with Crippen molar-refractivity contribution in [2.75, 3.05) is 25.2 Å². The van der Waals surface area contributed by atoms with E-state index >= 15 is 0 Å². The minimum atomic E-state index is -0.884. The summed E-state index contributed by atoms with van der Waals surface area (Å²) in [5, 5.41) is 2.16. The molecule has 1 N–H and O–H groups in total. The van der Waals surface area contributed by atoms with E-state index < -0.39 is 23.8 Å². The van der Waals surface area contributed by atoms with Gasteiger partial charge in [0.2, 0.25) is 0 Å². The molecule has 0 atom stereocenters. The molecule has 166 valence electrons. The van der Waals surface area contributed by atoms with Crippen LogP contribution in [0.3, 0.4) is 0 Å². The number of nitrogens with zero attached hydrogens (tertiary/aromatic N) is 1. The second-order valence-electron chi connectivity index (χ2n) is 6.57. The van der Waals surface area contributed by atoms with Crippen molar-refractivity contribution in [3.8, 4) is 11.5 Å². The zero-order chi connectivity index (χ0) is 23.3. The summed E-state index contributed by atoms with van der Waals surface area (Å²) in [6.07, 6.45) is 1.36. The summed E-state index contributed by atoms with van der Waals surface area (Å²) in [7, 11) is 1.48. The van der Waals surface area contributed by atoms with Gasteiger partial charge in [-0.25, -0.2) is 14.5 Å². The smallest absolute Gasteiger partial charge is 0.338 e. The summed E-state index contributed by atoms with van der Waals surface area (Å²) in [5.41, 5.74) is 0.748. The van der Waals surface area contributed by atoms with E-state index in [0.29, 0.717) is 23.7 Å². The Balaban J connectivity index is 1.92. The van der Waals surface area contributed by atoms with Crippen LogP contribution in [-0.4, -0.2) is 44.1 Å². The van der Waals surface area contributed by atoms with Gasteiger partial charge >= 0.3 is 12.0 Å². The number of carbonyl (C=O) groups excluding carboxylic acids is 4. The second kappa shape index (κ2) is 9.78. The highest BCUT2D eigenvalue weighted by Crippen LogP contribution is 2.30. The first-order chi connectivity index (χ1) is 15.4. The van der Waals surface area contributed by atoms with Crippen LogP contribution < -0.4 is 19.7 Å². The number of imide groups is 2. The Morgan fingerprint density at radius 2 is 1.72 bits per heavy atom. The Morgan fingerprint density at radius 3 is 2.34 bits per heavy atom. The van der Waals surface area contributed by atoms with Crippen molar-refractivity contribution in [2.24, 2.45) is 0 Å². The first-order valence-electron chi connectivity index (χ1n) is 9.89. The fourth-order valence-corrected chi connectivity index (χ4v) is 3.07. The van der Waals surface area contributed by atoms with Crippen molar-refractivity contribution in [1.82, 2.24) is 5.32 Å². The molecule has 2 aromatic carbocycles. The predicted molar refractivity (Wildman–Crippen MR) is 116 cm³/mol. The average molecular weight is 438 g/mol. The maximum absolute atomic E-state index is 13.0. The summed E-state index contributed by atoms with van der Waals surface area (Å²) in [6.45, 7) is 4.20. The standard InChI is InChI=1S/C23H22N2O7/c1-4-31-18-11-6-14(13-19(18)30-3)12-17-20(26)24-23(29)25(21(17)27)16-9-7-15(8-10-16)22(28)32-5-2/h6-13H,4-5H2,1-3H3,(H,24,26,29)/b17-12+. The van der Waals surface area contributed by atoms with Gasteiger partial charge in [-0.3, -0.25) is 14.9 Å². The van der Waals surface area contributed by atoms with E-state index in [4.69, 9.17) is 14.2 Å². The molecule has 3 rings (SSSR count). The summed E-state index contributed by atoms with van der Waals surface area (Å²) >= 11 is 0. The molecule has 0 saturated carbocycles. The molecule has 1 heterocycles. The van der Waals surface area contributed by atoms with Gasteiger partial charge in [0.25, 0.3) is 11.8 Å². The lowest BCUT2D eigenvalue weighted by Gasteiger charge is -2.26. The van der Waals surface area contributed by atoms with Crippen LogP contribution >= 0.6 is 0 Å². The van der Waals surface area contributed by atoms with Gasteiger partial charge in [0.15, 0.2) is 11.5 Å². The lowest BCUT2D eigenvalue weighted by atomic mass is 10.1. The van der Waals surface area contributed by atoms with Crippen molar-refractivity contribution in [3.05, 3.63) is 59.2 Å². The highest BCUT2D eigenvalue weighted by molar-refractivity contribution is 6.39. The van der Waals surface area contributed by atoms with Gasteiger partial charge in [0.05, 0.1) is 31.6 Å². The fraction of sp³-hybridized carbons (Fsp3) is 0.217. The molecular formula is C23H22N2O7. The van der Waals surface area contributed by atoms with Crippen LogP contribution in [0, 0.1) is 0 Å². The molecule has 0 spiro atoms. The van der Waals surface area contributed by atoms with Crippen LogP contribution in [0.2, 0.25) is 0 Å². The topological polar surface area (TPSA) is 111 Å². The number of hydrogen-bond acceptors (Lipinski definition) is 7. The number of nitrogens with one attached hydrogen (secondary N) is 1. The summed E-state index contributed by atoms with van der Waals surface area (Å²) in [5.74, 6) is -1.17. The molecule has 1 saturated heterocycles. The molecule has 2 aromatic rings. The van der Waals surface area contributed by atoms with Gasteiger partial charge in [0.1, 0.15) is 5.57 Å². The van der Waals surface area contributed by atoms with Crippen LogP contribution in [0.5, 0.6) is 11.5 Å². The van der Waals surface area contributed by atoms with Gasteiger partial charge in [-0.1, -0.05) is 6.07 Å². The molecular weight excluding hydrogens is 416 g/mol. The molecule has 0 aliphatic carbocycles. The van der Waals surface area contributed by atoms with E-state index in [9.17, 15) is 19.2 Å². The predicted octanol–water partition coefficient (Wildman–Crippen LogP) is 2.94. The minimum Gasteiger partial charge on any atom is -0.493 e. The quantitative estimate of drug-likeness (QED) is 0.402. The monoisotopic (exact) mass is 438 g/mol. The molecule has 9 nitrogen and oxygen atoms in total. The van der Waals surface area contributed by atoms with E-state index in [2.05, 4.69) is 5.32 Å². The number of amides is 4.